The molecule has 1 saturated heterocycles. The molecule has 1 aliphatic heterocycles. The van der Waals surface area contributed by atoms with Gasteiger partial charge in [-0.2, -0.15) is 13.2 Å². The van der Waals surface area contributed by atoms with Gasteiger partial charge in [-0.15, -0.1) is 12.4 Å². The summed E-state index contributed by atoms with van der Waals surface area (Å²) in [5, 5.41) is 9.05. The van der Waals surface area contributed by atoms with E-state index >= 15 is 0 Å². The first kappa shape index (κ1) is 23.0. The molecule has 0 spiro atoms. The second-order valence-electron chi connectivity index (χ2n) is 6.66. The van der Waals surface area contributed by atoms with Crippen LogP contribution in [0.3, 0.4) is 0 Å². The van der Waals surface area contributed by atoms with Crippen LogP contribution in [-0.2, 0) is 9.59 Å². The molecule has 0 saturated carbocycles. The predicted octanol–water partition coefficient (Wildman–Crippen LogP) is 2.64. The summed E-state index contributed by atoms with van der Waals surface area (Å²) in [7, 11) is 0. The third kappa shape index (κ3) is 4.99. The number of alkyl halides is 3. The third-order valence-electron chi connectivity index (χ3n) is 4.36. The smallest absolute Gasteiger partial charge is 0.393 e. The highest BCUT2D eigenvalue weighted by Crippen LogP contribution is 2.38. The van der Waals surface area contributed by atoms with E-state index in [1.165, 1.54) is 11.8 Å². The highest BCUT2D eigenvalue weighted by molar-refractivity contribution is 5.85. The summed E-state index contributed by atoms with van der Waals surface area (Å²) in [6, 6.07) is -0.948. The molecule has 0 bridgehead atoms. The third-order valence-corrected chi connectivity index (χ3v) is 4.36. The SMILES string of the molecule is CC(C(=O)N(C(C)C)C(C)C)N1C[C@@H](C(F)(F)F)[C@H](C(=O)O)C1.Cl. The maximum Gasteiger partial charge on any atom is 0.393 e. The molecule has 24 heavy (non-hydrogen) atoms. The maximum absolute atomic E-state index is 13.0. The minimum atomic E-state index is -4.59. The van der Waals surface area contributed by atoms with Gasteiger partial charge in [0.2, 0.25) is 5.91 Å². The lowest BCUT2D eigenvalue weighted by atomic mass is 9.96. The van der Waals surface area contributed by atoms with Crippen molar-refractivity contribution in [3.63, 3.8) is 0 Å². The number of carboxylic acids is 1. The molecular weight excluding hydrogens is 349 g/mol. The van der Waals surface area contributed by atoms with Gasteiger partial charge in [0.25, 0.3) is 0 Å². The van der Waals surface area contributed by atoms with E-state index in [2.05, 4.69) is 0 Å². The first-order chi connectivity index (χ1) is 10.4. The number of amides is 1. The monoisotopic (exact) mass is 374 g/mol. The summed E-state index contributed by atoms with van der Waals surface area (Å²) >= 11 is 0. The van der Waals surface area contributed by atoms with Crippen molar-refractivity contribution in [3.05, 3.63) is 0 Å². The van der Waals surface area contributed by atoms with Crippen molar-refractivity contribution in [2.75, 3.05) is 13.1 Å². The Morgan fingerprint density at radius 3 is 1.83 bits per heavy atom. The lowest BCUT2D eigenvalue weighted by Crippen LogP contribution is -2.51. The Kier molecular flexibility index (Phi) is 8.02. The van der Waals surface area contributed by atoms with Crippen LogP contribution in [0.5, 0.6) is 0 Å². The summed E-state index contributed by atoms with van der Waals surface area (Å²) in [6.07, 6.45) is -4.59. The van der Waals surface area contributed by atoms with Gasteiger partial charge in [0.05, 0.1) is 17.9 Å². The number of carbonyl (C=O) groups excluding carboxylic acids is 1. The largest absolute Gasteiger partial charge is 0.481 e. The average molecular weight is 375 g/mol. The number of hydrogen-bond acceptors (Lipinski definition) is 3. The van der Waals surface area contributed by atoms with E-state index in [9.17, 15) is 22.8 Å². The number of nitrogens with zero attached hydrogens (tertiary/aromatic N) is 2. The van der Waals surface area contributed by atoms with Crippen LogP contribution in [0.2, 0.25) is 0 Å². The topological polar surface area (TPSA) is 60.9 Å². The zero-order valence-electron chi connectivity index (χ0n) is 14.5. The van der Waals surface area contributed by atoms with Crippen LogP contribution in [0, 0.1) is 11.8 Å². The summed E-state index contributed by atoms with van der Waals surface area (Å²) in [5.41, 5.74) is 0. The zero-order chi connectivity index (χ0) is 18.1. The molecule has 1 rings (SSSR count). The van der Waals surface area contributed by atoms with Gasteiger partial charge in [0.15, 0.2) is 0 Å². The van der Waals surface area contributed by atoms with Crippen molar-refractivity contribution >= 4 is 24.3 Å². The number of carboxylic acid groups (broad SMARTS) is 1. The molecule has 1 fully saturated rings. The van der Waals surface area contributed by atoms with Crippen LogP contribution in [0.25, 0.3) is 0 Å². The molecule has 1 unspecified atom stereocenters. The molecule has 0 aliphatic carbocycles. The number of carbonyl (C=O) groups is 2. The van der Waals surface area contributed by atoms with Gasteiger partial charge < -0.3 is 10.0 Å². The van der Waals surface area contributed by atoms with Crippen molar-refractivity contribution in [3.8, 4) is 0 Å². The Morgan fingerprint density at radius 2 is 1.54 bits per heavy atom. The molecule has 0 aromatic heterocycles. The Labute approximate surface area is 146 Å². The molecule has 1 N–H and O–H groups in total. The highest BCUT2D eigenvalue weighted by Gasteiger charge is 2.53. The quantitative estimate of drug-likeness (QED) is 0.803. The molecule has 1 amide bonds. The summed E-state index contributed by atoms with van der Waals surface area (Å²) < 4.78 is 39.1. The van der Waals surface area contributed by atoms with E-state index < -0.39 is 36.6 Å². The van der Waals surface area contributed by atoms with Crippen LogP contribution in [0.4, 0.5) is 13.2 Å². The fourth-order valence-corrected chi connectivity index (χ4v) is 3.21. The molecule has 5 nitrogen and oxygen atoms in total. The zero-order valence-corrected chi connectivity index (χ0v) is 15.3. The Bertz CT molecular complexity index is 450. The molecule has 142 valence electrons. The summed E-state index contributed by atoms with van der Waals surface area (Å²) in [6.45, 7) is 8.17. The lowest BCUT2D eigenvalue weighted by molar-refractivity contribution is -0.188. The number of rotatable bonds is 5. The van der Waals surface area contributed by atoms with Gasteiger partial charge in [0.1, 0.15) is 0 Å². The molecule has 0 aromatic rings. The molecule has 3 atom stereocenters. The van der Waals surface area contributed by atoms with Crippen LogP contribution in [0.15, 0.2) is 0 Å². The van der Waals surface area contributed by atoms with Crippen molar-refractivity contribution in [1.82, 2.24) is 9.80 Å². The number of halogens is 4. The lowest BCUT2D eigenvalue weighted by Gasteiger charge is -2.35. The van der Waals surface area contributed by atoms with E-state index in [0.29, 0.717) is 0 Å². The summed E-state index contributed by atoms with van der Waals surface area (Å²) in [5.74, 6) is -5.22. The van der Waals surface area contributed by atoms with Crippen molar-refractivity contribution in [2.45, 2.75) is 58.9 Å². The van der Waals surface area contributed by atoms with Crippen LogP contribution in [-0.4, -0.2) is 64.2 Å². The van der Waals surface area contributed by atoms with Crippen LogP contribution < -0.4 is 0 Å². The second-order valence-corrected chi connectivity index (χ2v) is 6.66. The predicted molar refractivity (Wildman–Crippen MR) is 86.1 cm³/mol. The fraction of sp³-hybridized carbons (Fsp3) is 0.867. The van der Waals surface area contributed by atoms with Crippen molar-refractivity contribution in [1.29, 1.82) is 0 Å². The highest BCUT2D eigenvalue weighted by atomic mass is 35.5. The average Bonchev–Trinajstić information content (AvgIpc) is 2.81. The van der Waals surface area contributed by atoms with Gasteiger partial charge in [-0.25, -0.2) is 0 Å². The molecule has 1 heterocycles. The molecule has 9 heteroatoms. The Balaban J connectivity index is 0.00000529. The molecular formula is C15H26ClF3N2O3. The van der Waals surface area contributed by atoms with Gasteiger partial charge in [-0.3, -0.25) is 14.5 Å². The van der Waals surface area contributed by atoms with E-state index in [0.717, 1.165) is 0 Å². The van der Waals surface area contributed by atoms with Crippen molar-refractivity contribution in [2.24, 2.45) is 11.8 Å². The van der Waals surface area contributed by atoms with E-state index in [4.69, 9.17) is 5.11 Å². The van der Waals surface area contributed by atoms with E-state index in [-0.39, 0.29) is 36.9 Å². The second kappa shape index (κ2) is 8.38. The standard InChI is InChI=1S/C15H25F3N2O3.ClH/c1-8(2)20(9(3)4)13(21)10(5)19-6-11(14(22)23)12(7-19)15(16,17)18;/h8-12H,6-7H2,1-5H3,(H,22,23);1H/t10?,11-,12-;/m1./s1. The normalized spacial score (nSPS) is 23.2. The first-order valence-corrected chi connectivity index (χ1v) is 7.73. The van der Waals surface area contributed by atoms with Gasteiger partial charge >= 0.3 is 12.1 Å². The number of aliphatic carboxylic acids is 1. The number of hydrogen-bond donors (Lipinski definition) is 1. The van der Waals surface area contributed by atoms with Gasteiger partial charge in [0, 0.05) is 25.2 Å². The van der Waals surface area contributed by atoms with E-state index in [1.807, 2.05) is 27.7 Å². The maximum atomic E-state index is 13.0. The molecule has 0 radical (unpaired) electrons. The van der Waals surface area contributed by atoms with Gasteiger partial charge in [-0.1, -0.05) is 0 Å². The Morgan fingerprint density at radius 1 is 1.08 bits per heavy atom. The first-order valence-electron chi connectivity index (χ1n) is 7.73. The molecule has 0 aromatic carbocycles. The van der Waals surface area contributed by atoms with Gasteiger partial charge in [-0.05, 0) is 34.6 Å². The minimum absolute atomic E-state index is 0. The fourth-order valence-electron chi connectivity index (χ4n) is 3.21. The minimum Gasteiger partial charge on any atom is -0.481 e. The van der Waals surface area contributed by atoms with Crippen LogP contribution in [0.1, 0.15) is 34.6 Å². The Hall–Kier alpha value is -1.02. The molecule has 1 aliphatic rings. The van der Waals surface area contributed by atoms with Crippen LogP contribution >= 0.6 is 12.4 Å². The number of likely N-dealkylation sites (tertiary alicyclic amines) is 1. The van der Waals surface area contributed by atoms with E-state index in [1.54, 1.807) is 4.90 Å². The van der Waals surface area contributed by atoms with Crippen molar-refractivity contribution < 1.29 is 27.9 Å². The summed E-state index contributed by atoms with van der Waals surface area (Å²) in [4.78, 5) is 26.7.